The summed E-state index contributed by atoms with van der Waals surface area (Å²) < 4.78 is 0. The second kappa shape index (κ2) is 6.48. The van der Waals surface area contributed by atoms with E-state index in [2.05, 4.69) is 40.0 Å². The largest absolute Gasteiger partial charge is 0.373 e. The van der Waals surface area contributed by atoms with Gasteiger partial charge in [0.2, 0.25) is 5.91 Å². The van der Waals surface area contributed by atoms with Crippen molar-refractivity contribution in [3.63, 3.8) is 0 Å². The zero-order valence-electron chi connectivity index (χ0n) is 14.5. The smallest absolute Gasteiger partial charge is 0.243 e. The summed E-state index contributed by atoms with van der Waals surface area (Å²) in [4.78, 5) is 22.1. The van der Waals surface area contributed by atoms with Crippen molar-refractivity contribution in [2.45, 2.75) is 57.7 Å². The van der Waals surface area contributed by atoms with Gasteiger partial charge in [-0.05, 0) is 52.1 Å². The summed E-state index contributed by atoms with van der Waals surface area (Å²) in [5.41, 5.74) is 0.884. The Morgan fingerprint density at radius 1 is 1.30 bits per heavy atom. The first-order valence-corrected chi connectivity index (χ1v) is 8.76. The molecule has 1 atom stereocenters. The molecular formula is C18H28N4O. The molecule has 2 saturated heterocycles. The highest BCUT2D eigenvalue weighted by Crippen LogP contribution is 2.40. The lowest BCUT2D eigenvalue weighted by Gasteiger charge is -2.46. The van der Waals surface area contributed by atoms with Crippen LogP contribution in [0.2, 0.25) is 0 Å². The zero-order chi connectivity index (χ0) is 16.4. The molecule has 0 aromatic carbocycles. The Hall–Kier alpha value is -1.62. The first-order chi connectivity index (χ1) is 11.1. The Balaban J connectivity index is 1.86. The molecule has 2 fully saturated rings. The molecule has 0 saturated carbocycles. The molecule has 1 aromatic heterocycles. The van der Waals surface area contributed by atoms with E-state index in [1.807, 2.05) is 13.1 Å². The summed E-state index contributed by atoms with van der Waals surface area (Å²) in [7, 11) is 1.90. The topological polar surface area (TPSA) is 48.5 Å². The SMILES string of the molecule is CNc1ncccc1CN1CCCC12CCCN(C(C)C)C2=O. The van der Waals surface area contributed by atoms with E-state index >= 15 is 0 Å². The van der Waals surface area contributed by atoms with Crippen LogP contribution in [0.15, 0.2) is 18.3 Å². The molecule has 0 bridgehead atoms. The summed E-state index contributed by atoms with van der Waals surface area (Å²) in [5.74, 6) is 1.25. The Kier molecular flexibility index (Phi) is 4.57. The zero-order valence-corrected chi connectivity index (χ0v) is 14.5. The molecule has 3 heterocycles. The lowest BCUT2D eigenvalue weighted by Crippen LogP contribution is -2.61. The fourth-order valence-corrected chi connectivity index (χ4v) is 4.20. The second-order valence-electron chi connectivity index (χ2n) is 7.01. The number of amides is 1. The van der Waals surface area contributed by atoms with Crippen molar-refractivity contribution in [2.75, 3.05) is 25.5 Å². The van der Waals surface area contributed by atoms with Crippen LogP contribution in [-0.2, 0) is 11.3 Å². The van der Waals surface area contributed by atoms with Crippen LogP contribution in [-0.4, -0.2) is 52.4 Å². The minimum Gasteiger partial charge on any atom is -0.373 e. The van der Waals surface area contributed by atoms with Crippen LogP contribution in [0, 0.1) is 0 Å². The van der Waals surface area contributed by atoms with E-state index in [1.54, 1.807) is 6.20 Å². The summed E-state index contributed by atoms with van der Waals surface area (Å²) in [5, 5.41) is 3.17. The predicted molar refractivity (Wildman–Crippen MR) is 92.2 cm³/mol. The Morgan fingerprint density at radius 3 is 2.74 bits per heavy atom. The number of hydrogen-bond acceptors (Lipinski definition) is 4. The van der Waals surface area contributed by atoms with Gasteiger partial charge in [-0.2, -0.15) is 0 Å². The minimum absolute atomic E-state index is 0.286. The Bertz CT molecular complexity index is 574. The van der Waals surface area contributed by atoms with Gasteiger partial charge in [-0.15, -0.1) is 0 Å². The van der Waals surface area contributed by atoms with Gasteiger partial charge in [0.05, 0.1) is 0 Å². The van der Waals surface area contributed by atoms with E-state index < -0.39 is 0 Å². The van der Waals surface area contributed by atoms with E-state index in [9.17, 15) is 4.79 Å². The van der Waals surface area contributed by atoms with Gasteiger partial charge in [-0.1, -0.05) is 6.07 Å². The lowest BCUT2D eigenvalue weighted by atomic mass is 9.84. The molecule has 126 valence electrons. The van der Waals surface area contributed by atoms with Gasteiger partial charge in [-0.3, -0.25) is 9.69 Å². The van der Waals surface area contributed by atoms with Crippen molar-refractivity contribution >= 4 is 11.7 Å². The molecule has 1 amide bonds. The lowest BCUT2D eigenvalue weighted by molar-refractivity contribution is -0.149. The molecule has 23 heavy (non-hydrogen) atoms. The van der Waals surface area contributed by atoms with Crippen molar-refractivity contribution in [1.82, 2.24) is 14.8 Å². The van der Waals surface area contributed by atoms with E-state index in [-0.39, 0.29) is 11.6 Å². The van der Waals surface area contributed by atoms with Crippen LogP contribution in [0.5, 0.6) is 0 Å². The van der Waals surface area contributed by atoms with E-state index in [4.69, 9.17) is 0 Å². The third kappa shape index (κ3) is 2.82. The van der Waals surface area contributed by atoms with E-state index in [1.165, 1.54) is 5.56 Å². The summed E-state index contributed by atoms with van der Waals surface area (Å²) >= 11 is 0. The van der Waals surface area contributed by atoms with E-state index in [0.29, 0.717) is 5.91 Å². The third-order valence-electron chi connectivity index (χ3n) is 5.38. The molecule has 2 aliphatic rings. The maximum Gasteiger partial charge on any atom is 0.243 e. The summed E-state index contributed by atoms with van der Waals surface area (Å²) in [6.45, 7) is 6.94. The van der Waals surface area contributed by atoms with Crippen molar-refractivity contribution < 1.29 is 4.79 Å². The molecule has 1 spiro atoms. The monoisotopic (exact) mass is 316 g/mol. The van der Waals surface area contributed by atoms with Crippen LogP contribution in [0.3, 0.4) is 0 Å². The summed E-state index contributed by atoms with van der Waals surface area (Å²) in [6, 6.07) is 4.37. The highest BCUT2D eigenvalue weighted by Gasteiger charge is 2.51. The molecule has 3 rings (SSSR count). The van der Waals surface area contributed by atoms with Crippen LogP contribution < -0.4 is 5.32 Å². The number of nitrogens with zero attached hydrogens (tertiary/aromatic N) is 3. The number of aromatic nitrogens is 1. The summed E-state index contributed by atoms with van der Waals surface area (Å²) in [6.07, 6.45) is 5.99. The number of rotatable bonds is 4. The maximum absolute atomic E-state index is 13.2. The average molecular weight is 316 g/mol. The van der Waals surface area contributed by atoms with E-state index in [0.717, 1.165) is 51.1 Å². The van der Waals surface area contributed by atoms with Gasteiger partial charge in [0.15, 0.2) is 0 Å². The molecule has 0 aliphatic carbocycles. The number of carbonyl (C=O) groups is 1. The fourth-order valence-electron chi connectivity index (χ4n) is 4.20. The Labute approximate surface area is 139 Å². The van der Waals surface area contributed by atoms with Crippen LogP contribution in [0.4, 0.5) is 5.82 Å². The number of piperidine rings is 1. The number of carbonyl (C=O) groups excluding carboxylic acids is 1. The molecular weight excluding hydrogens is 288 g/mol. The Morgan fingerprint density at radius 2 is 2.04 bits per heavy atom. The highest BCUT2D eigenvalue weighted by molar-refractivity contribution is 5.87. The van der Waals surface area contributed by atoms with Gasteiger partial charge >= 0.3 is 0 Å². The van der Waals surface area contributed by atoms with Crippen molar-refractivity contribution in [1.29, 1.82) is 0 Å². The fraction of sp³-hybridized carbons (Fsp3) is 0.667. The minimum atomic E-state index is -0.288. The molecule has 5 nitrogen and oxygen atoms in total. The molecule has 0 radical (unpaired) electrons. The number of hydrogen-bond donors (Lipinski definition) is 1. The van der Waals surface area contributed by atoms with Gasteiger partial charge in [0, 0.05) is 37.9 Å². The van der Waals surface area contributed by atoms with Gasteiger partial charge in [0.25, 0.3) is 0 Å². The highest BCUT2D eigenvalue weighted by atomic mass is 16.2. The quantitative estimate of drug-likeness (QED) is 0.927. The molecule has 1 unspecified atom stereocenters. The average Bonchev–Trinajstić information content (AvgIpc) is 2.94. The number of likely N-dealkylation sites (tertiary alicyclic amines) is 2. The van der Waals surface area contributed by atoms with Crippen LogP contribution in [0.1, 0.15) is 45.1 Å². The van der Waals surface area contributed by atoms with Crippen molar-refractivity contribution in [3.05, 3.63) is 23.9 Å². The number of anilines is 1. The first-order valence-electron chi connectivity index (χ1n) is 8.76. The predicted octanol–water partition coefficient (Wildman–Crippen LogP) is 2.49. The first kappa shape index (κ1) is 16.2. The number of nitrogens with one attached hydrogen (secondary N) is 1. The molecule has 5 heteroatoms. The third-order valence-corrected chi connectivity index (χ3v) is 5.38. The molecule has 1 N–H and O–H groups in total. The maximum atomic E-state index is 13.2. The molecule has 1 aromatic rings. The normalized spacial score (nSPS) is 25.6. The molecule has 2 aliphatic heterocycles. The second-order valence-corrected chi connectivity index (χ2v) is 7.01. The van der Waals surface area contributed by atoms with Gasteiger partial charge < -0.3 is 10.2 Å². The van der Waals surface area contributed by atoms with Crippen molar-refractivity contribution in [3.8, 4) is 0 Å². The van der Waals surface area contributed by atoms with Gasteiger partial charge in [0.1, 0.15) is 11.4 Å². The standard InChI is InChI=1S/C18H28N4O/c1-14(2)22-12-6-9-18(17(22)23)8-5-11-21(18)13-15-7-4-10-20-16(15)19-3/h4,7,10,14H,5-6,8-9,11-13H2,1-3H3,(H,19,20). The van der Waals surface area contributed by atoms with Crippen molar-refractivity contribution in [2.24, 2.45) is 0 Å². The van der Waals surface area contributed by atoms with Crippen LogP contribution >= 0.6 is 0 Å². The number of pyridine rings is 1. The van der Waals surface area contributed by atoms with Crippen LogP contribution in [0.25, 0.3) is 0 Å². The van der Waals surface area contributed by atoms with Gasteiger partial charge in [-0.25, -0.2) is 4.98 Å².